The van der Waals surface area contributed by atoms with Crippen LogP contribution in [-0.4, -0.2) is 39.6 Å². The molecule has 9 heteroatoms. The van der Waals surface area contributed by atoms with E-state index in [4.69, 9.17) is 4.99 Å². The van der Waals surface area contributed by atoms with Gasteiger partial charge in [-0.05, 0) is 83.9 Å². The molecule has 2 unspecified atom stereocenters. The van der Waals surface area contributed by atoms with E-state index >= 15 is 0 Å². The molecule has 9 nitrogen and oxygen atoms in total. The fourth-order valence-corrected chi connectivity index (χ4v) is 9.99. The Labute approximate surface area is 350 Å². The van der Waals surface area contributed by atoms with Crippen molar-refractivity contribution in [3.63, 3.8) is 0 Å². The monoisotopic (exact) mass is 795 g/mol. The van der Waals surface area contributed by atoms with Crippen molar-refractivity contribution in [3.05, 3.63) is 195 Å². The van der Waals surface area contributed by atoms with Crippen LogP contribution in [0, 0.1) is 0 Å². The molecule has 0 radical (unpaired) electrons. The average Bonchev–Trinajstić information content (AvgIpc) is 3.67. The lowest BCUT2D eigenvalue weighted by Gasteiger charge is -2.35. The van der Waals surface area contributed by atoms with Gasteiger partial charge in [-0.3, -0.25) is 30.5 Å². The van der Waals surface area contributed by atoms with Gasteiger partial charge in [0.25, 0.3) is 0 Å². The second kappa shape index (κ2) is 14.2. The van der Waals surface area contributed by atoms with Crippen molar-refractivity contribution in [1.29, 1.82) is 0 Å². The molecule has 3 N–H and O–H groups in total. The van der Waals surface area contributed by atoms with E-state index in [9.17, 15) is 9.59 Å². The number of aromatic nitrogens is 3. The van der Waals surface area contributed by atoms with Crippen molar-refractivity contribution in [2.45, 2.75) is 24.4 Å². The smallest absolute Gasteiger partial charge is 0.197 e. The van der Waals surface area contributed by atoms with Crippen molar-refractivity contribution in [3.8, 4) is 5.69 Å². The summed E-state index contributed by atoms with van der Waals surface area (Å²) >= 11 is 0. The Kier molecular flexibility index (Phi) is 8.34. The molecule has 0 saturated carbocycles. The van der Waals surface area contributed by atoms with Crippen molar-refractivity contribution < 1.29 is 0 Å². The Morgan fingerprint density at radius 2 is 0.869 bits per heavy atom. The van der Waals surface area contributed by atoms with Crippen LogP contribution in [0.5, 0.6) is 0 Å². The van der Waals surface area contributed by atoms with Gasteiger partial charge in [0.2, 0.25) is 0 Å². The summed E-state index contributed by atoms with van der Waals surface area (Å²) in [6.45, 7) is 2.12. The van der Waals surface area contributed by atoms with Gasteiger partial charge in [-0.1, -0.05) is 91.0 Å². The molecule has 0 spiro atoms. The molecule has 296 valence electrons. The topological polar surface area (TPSA) is 97.4 Å². The molecule has 2 aliphatic rings. The Bertz CT molecular complexity index is 3370. The summed E-state index contributed by atoms with van der Waals surface area (Å²) in [5, 5.41) is 16.7. The normalized spacial score (nSPS) is 19.5. The van der Waals surface area contributed by atoms with Gasteiger partial charge in [-0.25, -0.2) is 0 Å². The molecule has 1 saturated heterocycles. The summed E-state index contributed by atoms with van der Waals surface area (Å²) in [5.74, 6) is 0.149. The maximum Gasteiger partial charge on any atom is 0.197 e. The number of para-hydroxylation sites is 6. The first-order valence-electron chi connectivity index (χ1n) is 21.0. The number of benzene rings is 7. The predicted molar refractivity (Wildman–Crippen MR) is 248 cm³/mol. The van der Waals surface area contributed by atoms with E-state index in [0.29, 0.717) is 28.1 Å². The number of hydrogen-bond acceptors (Lipinski definition) is 6. The second-order valence-corrected chi connectivity index (χ2v) is 16.3. The molecular weight excluding hydrogens is 755 g/mol. The first kappa shape index (κ1) is 35.7. The van der Waals surface area contributed by atoms with E-state index in [-0.39, 0.29) is 35.3 Å². The number of aliphatic imine (C=N–C) groups is 1. The number of rotatable bonds is 5. The molecule has 10 aromatic rings. The van der Waals surface area contributed by atoms with Crippen LogP contribution in [0.15, 0.2) is 178 Å². The standard InChI is InChI=1S/C52H41N7O2/c60-49-39-15-3-9-21-45(39)58(46-22-10-4-16-40(46)49)51-53-28-34(29-54-51)32-25-33(27-36(26-32)57-43-19-7-1-13-37(43)38-14-2-8-20-44(38)57)35-30-55-52(56-31-35)59-47-23-11-5-17-41(47)50(61)42-18-6-12-24-48(42)59/h1-28,34-35,51-52,54-56H,29-31H2. The van der Waals surface area contributed by atoms with E-state index in [1.807, 2.05) is 97.1 Å². The summed E-state index contributed by atoms with van der Waals surface area (Å²) in [6.07, 6.45) is 1.51. The Balaban J connectivity index is 0.948. The number of fused-ring (bicyclic) bond motifs is 7. The highest BCUT2D eigenvalue weighted by molar-refractivity contribution is 6.09. The third kappa shape index (κ3) is 5.69. The first-order chi connectivity index (χ1) is 30.1. The molecule has 1 fully saturated rings. The van der Waals surface area contributed by atoms with Crippen LogP contribution in [-0.2, 0) is 0 Å². The maximum absolute atomic E-state index is 13.5. The van der Waals surface area contributed by atoms with Crippen LogP contribution in [0.1, 0.15) is 35.5 Å². The summed E-state index contributed by atoms with van der Waals surface area (Å²) in [6, 6.07) is 55.7. The third-order valence-corrected chi connectivity index (χ3v) is 12.9. The summed E-state index contributed by atoms with van der Waals surface area (Å²) in [4.78, 5) is 32.3. The van der Waals surface area contributed by atoms with Gasteiger partial charge in [0.15, 0.2) is 17.1 Å². The highest BCUT2D eigenvalue weighted by Gasteiger charge is 2.28. The minimum Gasteiger partial charge on any atom is -0.311 e. The van der Waals surface area contributed by atoms with Crippen LogP contribution in [0.2, 0.25) is 0 Å². The van der Waals surface area contributed by atoms with Crippen LogP contribution < -0.4 is 26.8 Å². The van der Waals surface area contributed by atoms with E-state index in [2.05, 4.69) is 103 Å². The summed E-state index contributed by atoms with van der Waals surface area (Å²) in [5.41, 5.74) is 9.44. The lowest BCUT2D eigenvalue weighted by atomic mass is 9.90. The molecule has 0 amide bonds. The van der Waals surface area contributed by atoms with Crippen molar-refractivity contribution in [2.75, 3.05) is 19.6 Å². The van der Waals surface area contributed by atoms with Gasteiger partial charge in [0.05, 0.1) is 33.1 Å². The van der Waals surface area contributed by atoms with Crippen molar-refractivity contribution >= 4 is 71.6 Å². The molecule has 0 bridgehead atoms. The number of nitrogens with zero attached hydrogens (tertiary/aromatic N) is 4. The fraction of sp³-hybridized carbons (Fsp3) is 0.135. The molecule has 5 heterocycles. The van der Waals surface area contributed by atoms with E-state index in [1.54, 1.807) is 0 Å². The lowest BCUT2D eigenvalue weighted by Crippen LogP contribution is -2.48. The Morgan fingerprint density at radius 3 is 1.34 bits per heavy atom. The Hall–Kier alpha value is -7.17. The van der Waals surface area contributed by atoms with E-state index in [1.165, 1.54) is 21.9 Å². The molecular formula is C52H41N7O2. The summed E-state index contributed by atoms with van der Waals surface area (Å²) < 4.78 is 6.79. The number of hydrogen-bond donors (Lipinski definition) is 3. The first-order valence-corrected chi connectivity index (χ1v) is 21.0. The Morgan fingerprint density at radius 1 is 0.443 bits per heavy atom. The zero-order chi connectivity index (χ0) is 40.6. The van der Waals surface area contributed by atoms with Crippen LogP contribution in [0.4, 0.5) is 0 Å². The van der Waals surface area contributed by atoms with Crippen LogP contribution in [0.25, 0.3) is 71.1 Å². The highest BCUT2D eigenvalue weighted by Crippen LogP contribution is 2.36. The maximum atomic E-state index is 13.5. The van der Waals surface area contributed by atoms with Gasteiger partial charge in [-0.2, -0.15) is 0 Å². The lowest BCUT2D eigenvalue weighted by molar-refractivity contribution is 0.279. The number of pyridine rings is 2. The van der Waals surface area contributed by atoms with Crippen LogP contribution >= 0.6 is 0 Å². The quantitative estimate of drug-likeness (QED) is 0.151. The summed E-state index contributed by atoms with van der Waals surface area (Å²) in [7, 11) is 0. The molecule has 12 rings (SSSR count). The zero-order valence-electron chi connectivity index (χ0n) is 33.2. The predicted octanol–water partition coefficient (Wildman–Crippen LogP) is 9.07. The number of nitrogens with one attached hydrogen (secondary N) is 3. The largest absolute Gasteiger partial charge is 0.311 e. The van der Waals surface area contributed by atoms with Gasteiger partial charge in [0, 0.05) is 75.7 Å². The average molecular weight is 796 g/mol. The SMILES string of the molecule is O=c1c2ccccc2n(C2N=CC(c3cc(C4CNC(n5c6ccccc6c(=O)c6ccccc65)NC4)cc(-n4c5ccccc5c5ccccc54)c3)CN2)c2ccccc12. The van der Waals surface area contributed by atoms with Gasteiger partial charge in [-0.15, -0.1) is 0 Å². The molecule has 7 aromatic carbocycles. The van der Waals surface area contributed by atoms with Gasteiger partial charge in [0.1, 0.15) is 6.29 Å². The van der Waals surface area contributed by atoms with E-state index in [0.717, 1.165) is 51.9 Å². The van der Waals surface area contributed by atoms with Crippen molar-refractivity contribution in [2.24, 2.45) is 4.99 Å². The molecule has 2 atom stereocenters. The zero-order valence-corrected chi connectivity index (χ0v) is 33.2. The minimum atomic E-state index is -0.379. The third-order valence-electron chi connectivity index (χ3n) is 12.9. The highest BCUT2D eigenvalue weighted by atomic mass is 16.1. The molecule has 61 heavy (non-hydrogen) atoms. The molecule has 2 aliphatic heterocycles. The van der Waals surface area contributed by atoms with E-state index < -0.39 is 0 Å². The van der Waals surface area contributed by atoms with Gasteiger partial charge >= 0.3 is 0 Å². The molecule has 3 aromatic heterocycles. The molecule has 0 aliphatic carbocycles. The van der Waals surface area contributed by atoms with Crippen molar-refractivity contribution in [1.82, 2.24) is 29.7 Å². The fourth-order valence-electron chi connectivity index (χ4n) is 9.99. The van der Waals surface area contributed by atoms with Gasteiger partial charge < -0.3 is 13.7 Å². The minimum absolute atomic E-state index is 0.00361. The van der Waals surface area contributed by atoms with Crippen LogP contribution in [0.3, 0.4) is 0 Å². The second-order valence-electron chi connectivity index (χ2n) is 16.3.